The summed E-state index contributed by atoms with van der Waals surface area (Å²) in [4.78, 5) is 21.7. The van der Waals surface area contributed by atoms with Gasteiger partial charge < -0.3 is 14.7 Å². The zero-order chi connectivity index (χ0) is 10.0. The third-order valence-electron chi connectivity index (χ3n) is 1.90. The zero-order valence-corrected chi connectivity index (χ0v) is 11.9. The van der Waals surface area contributed by atoms with E-state index in [2.05, 4.69) is 0 Å². The van der Waals surface area contributed by atoms with Gasteiger partial charge in [0.15, 0.2) is 0 Å². The zero-order valence-electron chi connectivity index (χ0n) is 8.98. The van der Waals surface area contributed by atoms with Crippen LogP contribution in [0.5, 0.6) is 0 Å². The Labute approximate surface area is 108 Å². The minimum absolute atomic E-state index is 0. The van der Waals surface area contributed by atoms with Gasteiger partial charge in [-0.25, -0.2) is 0 Å². The van der Waals surface area contributed by atoms with Crippen molar-refractivity contribution in [2.45, 2.75) is 6.92 Å². The maximum absolute atomic E-state index is 10.8. The molecular weight excluding hydrogens is 208 g/mol. The van der Waals surface area contributed by atoms with Crippen molar-refractivity contribution in [2.24, 2.45) is 0 Å². The van der Waals surface area contributed by atoms with Crippen LogP contribution < -0.4 is 44.7 Å². The van der Waals surface area contributed by atoms with Crippen molar-refractivity contribution < 1.29 is 39.3 Å². The summed E-state index contributed by atoms with van der Waals surface area (Å²) in [5.41, 5.74) is 1.90. The Morgan fingerprint density at radius 2 is 1.93 bits per heavy atom. The van der Waals surface area contributed by atoms with E-state index in [0.717, 1.165) is 11.3 Å². The minimum atomic E-state index is -2.22. The van der Waals surface area contributed by atoms with Gasteiger partial charge in [-0.05, 0) is 38.3 Å². The standard InChI is InChI=1S/C9H13NO2P.Na/c1-7-6-8(10(2)3)4-5-9(7)13(11)12;/h4-6,11H,1-3H3;/q-1;+1. The largest absolute Gasteiger partial charge is 1.00 e. The van der Waals surface area contributed by atoms with Crippen molar-refractivity contribution in [1.29, 1.82) is 0 Å². The van der Waals surface area contributed by atoms with Gasteiger partial charge in [-0.1, -0.05) is 6.07 Å². The molecule has 0 aliphatic heterocycles. The molecule has 0 aliphatic rings. The fraction of sp³-hybridized carbons (Fsp3) is 0.333. The van der Waals surface area contributed by atoms with Gasteiger partial charge in [0.05, 0.1) is 0 Å². The Balaban J connectivity index is 0.00000169. The van der Waals surface area contributed by atoms with Crippen LogP contribution >= 0.6 is 8.38 Å². The Kier molecular flexibility index (Phi) is 6.22. The number of aryl methyl sites for hydroxylation is 1. The van der Waals surface area contributed by atoms with Crippen LogP contribution in [0.15, 0.2) is 18.2 Å². The van der Waals surface area contributed by atoms with Gasteiger partial charge in [0.2, 0.25) is 0 Å². The number of nitrogens with zero attached hydrogens (tertiary/aromatic N) is 1. The van der Waals surface area contributed by atoms with E-state index in [0.29, 0.717) is 5.30 Å². The van der Waals surface area contributed by atoms with Crippen LogP contribution in [0.4, 0.5) is 5.69 Å². The second-order valence-electron chi connectivity index (χ2n) is 3.14. The molecule has 72 valence electrons. The predicted octanol–water partition coefficient (Wildman–Crippen LogP) is -2.65. The molecule has 1 N–H and O–H groups in total. The molecule has 3 nitrogen and oxygen atoms in total. The molecule has 1 unspecified atom stereocenters. The molecular formula is C9H13NNaO2P. The summed E-state index contributed by atoms with van der Waals surface area (Å²) in [5, 5.41) is 0.514. The predicted molar refractivity (Wildman–Crippen MR) is 54.3 cm³/mol. The van der Waals surface area contributed by atoms with Crippen molar-refractivity contribution in [1.82, 2.24) is 0 Å². The Morgan fingerprint density at radius 1 is 1.36 bits per heavy atom. The van der Waals surface area contributed by atoms with Crippen molar-refractivity contribution in [3.63, 3.8) is 0 Å². The number of hydrogen-bond acceptors (Lipinski definition) is 3. The van der Waals surface area contributed by atoms with Crippen LogP contribution in [0, 0.1) is 6.92 Å². The fourth-order valence-electron chi connectivity index (χ4n) is 1.13. The van der Waals surface area contributed by atoms with Gasteiger partial charge in [-0.2, -0.15) is 0 Å². The first kappa shape index (κ1) is 14.4. The van der Waals surface area contributed by atoms with E-state index in [1.54, 1.807) is 6.07 Å². The van der Waals surface area contributed by atoms with Gasteiger partial charge in [0.25, 0.3) is 0 Å². The molecule has 0 aromatic heterocycles. The normalized spacial score (nSPS) is 11.8. The summed E-state index contributed by atoms with van der Waals surface area (Å²) in [7, 11) is 1.66. The van der Waals surface area contributed by atoms with Gasteiger partial charge in [-0.15, -0.1) is 0 Å². The van der Waals surface area contributed by atoms with Crippen LogP contribution in [0.25, 0.3) is 0 Å². The number of benzene rings is 1. The van der Waals surface area contributed by atoms with Gasteiger partial charge >= 0.3 is 29.6 Å². The summed E-state index contributed by atoms with van der Waals surface area (Å²) < 4.78 is 0. The number of anilines is 1. The molecule has 1 aromatic rings. The van der Waals surface area contributed by atoms with Crippen LogP contribution in [-0.4, -0.2) is 19.0 Å². The molecule has 0 saturated carbocycles. The topological polar surface area (TPSA) is 46.5 Å². The molecule has 0 saturated heterocycles. The van der Waals surface area contributed by atoms with Crippen LogP contribution in [0.1, 0.15) is 5.56 Å². The number of hydrogen-bond donors (Lipinski definition) is 1. The molecule has 0 heterocycles. The van der Waals surface area contributed by atoms with E-state index in [1.165, 1.54) is 0 Å². The van der Waals surface area contributed by atoms with Crippen LogP contribution in [0.3, 0.4) is 0 Å². The Bertz CT molecular complexity index is 305. The third-order valence-corrected chi connectivity index (χ3v) is 2.82. The van der Waals surface area contributed by atoms with E-state index in [-0.39, 0.29) is 29.6 Å². The summed E-state index contributed by atoms with van der Waals surface area (Å²) in [6.45, 7) is 1.84. The Hall–Kier alpha value is 0.370. The maximum atomic E-state index is 10.8. The first-order valence-corrected chi connectivity index (χ1v) is 5.17. The molecule has 1 aromatic carbocycles. The fourth-order valence-corrected chi connectivity index (χ4v) is 1.70. The third kappa shape index (κ3) is 3.50. The average molecular weight is 221 g/mol. The van der Waals surface area contributed by atoms with E-state index in [9.17, 15) is 4.89 Å². The first-order chi connectivity index (χ1) is 6.02. The molecule has 0 spiro atoms. The van der Waals surface area contributed by atoms with Gasteiger partial charge in [-0.3, -0.25) is 0 Å². The van der Waals surface area contributed by atoms with E-state index in [1.807, 2.05) is 38.1 Å². The van der Waals surface area contributed by atoms with E-state index in [4.69, 9.17) is 4.89 Å². The minimum Gasteiger partial charge on any atom is -0.805 e. The maximum Gasteiger partial charge on any atom is 1.00 e. The second kappa shape index (κ2) is 6.06. The molecule has 0 amide bonds. The van der Waals surface area contributed by atoms with E-state index < -0.39 is 8.38 Å². The molecule has 0 bridgehead atoms. The second-order valence-corrected chi connectivity index (χ2v) is 4.17. The average Bonchev–Trinajstić information content (AvgIpc) is 2.03. The first-order valence-electron chi connectivity index (χ1n) is 3.96. The monoisotopic (exact) mass is 221 g/mol. The van der Waals surface area contributed by atoms with Crippen molar-refractivity contribution >= 4 is 19.4 Å². The van der Waals surface area contributed by atoms with Crippen molar-refractivity contribution in [3.8, 4) is 0 Å². The van der Waals surface area contributed by atoms with Crippen molar-refractivity contribution in [2.75, 3.05) is 19.0 Å². The Morgan fingerprint density at radius 3 is 2.29 bits per heavy atom. The summed E-state index contributed by atoms with van der Waals surface area (Å²) >= 11 is 0. The molecule has 0 aliphatic carbocycles. The van der Waals surface area contributed by atoms with Gasteiger partial charge in [0, 0.05) is 19.8 Å². The van der Waals surface area contributed by atoms with E-state index >= 15 is 0 Å². The molecule has 0 radical (unpaired) electrons. The molecule has 1 atom stereocenters. The van der Waals surface area contributed by atoms with Crippen molar-refractivity contribution in [3.05, 3.63) is 23.8 Å². The summed E-state index contributed by atoms with van der Waals surface area (Å²) in [6, 6.07) is 5.44. The van der Waals surface area contributed by atoms with Crippen LogP contribution in [0.2, 0.25) is 0 Å². The molecule has 0 fully saturated rings. The molecule has 14 heavy (non-hydrogen) atoms. The molecule has 1 rings (SSSR count). The van der Waals surface area contributed by atoms with Crippen LogP contribution in [-0.2, 0) is 0 Å². The smallest absolute Gasteiger partial charge is 0.805 e. The SMILES string of the molecule is Cc1cc(N(C)C)ccc1P([O-])O.[Na+]. The number of rotatable bonds is 2. The summed E-state index contributed by atoms with van der Waals surface area (Å²) in [6.07, 6.45) is 0. The quantitative estimate of drug-likeness (QED) is 0.438. The molecule has 5 heteroatoms. The van der Waals surface area contributed by atoms with Gasteiger partial charge in [0.1, 0.15) is 0 Å². The summed E-state index contributed by atoms with van der Waals surface area (Å²) in [5.74, 6) is 0.